The van der Waals surface area contributed by atoms with Crippen molar-refractivity contribution in [3.63, 3.8) is 0 Å². The minimum atomic E-state index is -3.75. The molecular formula is C17H20N2O4S. The lowest BCUT2D eigenvalue weighted by atomic mass is 10.1. The number of hydrogen-bond acceptors (Lipinski definition) is 4. The van der Waals surface area contributed by atoms with Crippen LogP contribution in [0.1, 0.15) is 18.5 Å². The van der Waals surface area contributed by atoms with Crippen LogP contribution in [0.5, 0.6) is 5.75 Å². The quantitative estimate of drug-likeness (QED) is 0.800. The van der Waals surface area contributed by atoms with Gasteiger partial charge in [0.15, 0.2) is 0 Å². The van der Waals surface area contributed by atoms with E-state index in [1.54, 1.807) is 12.1 Å². The van der Waals surface area contributed by atoms with Crippen molar-refractivity contribution >= 4 is 15.9 Å². The lowest BCUT2D eigenvalue weighted by Crippen LogP contribution is -2.38. The van der Waals surface area contributed by atoms with Gasteiger partial charge < -0.3 is 10.1 Å². The number of rotatable bonds is 7. The first-order valence-corrected chi connectivity index (χ1v) is 8.89. The van der Waals surface area contributed by atoms with Crippen LogP contribution in [0.2, 0.25) is 0 Å². The van der Waals surface area contributed by atoms with Gasteiger partial charge in [0, 0.05) is 0 Å². The van der Waals surface area contributed by atoms with Crippen molar-refractivity contribution in [2.75, 3.05) is 13.7 Å². The van der Waals surface area contributed by atoms with Gasteiger partial charge in [0.05, 0.1) is 24.6 Å². The summed E-state index contributed by atoms with van der Waals surface area (Å²) < 4.78 is 31.6. The molecule has 0 aromatic heterocycles. The van der Waals surface area contributed by atoms with Crippen LogP contribution < -0.4 is 14.8 Å². The molecule has 24 heavy (non-hydrogen) atoms. The van der Waals surface area contributed by atoms with E-state index in [0.717, 1.165) is 5.56 Å². The second kappa shape index (κ2) is 7.94. The average molecular weight is 348 g/mol. The minimum absolute atomic E-state index is 0.0761. The van der Waals surface area contributed by atoms with Crippen LogP contribution in [0.4, 0.5) is 0 Å². The zero-order valence-corrected chi connectivity index (χ0v) is 14.3. The van der Waals surface area contributed by atoms with Crippen molar-refractivity contribution in [1.82, 2.24) is 10.0 Å². The third-order valence-corrected chi connectivity index (χ3v) is 4.89. The Morgan fingerprint density at radius 1 is 1.08 bits per heavy atom. The second-order valence-electron chi connectivity index (χ2n) is 5.20. The molecule has 0 aliphatic rings. The van der Waals surface area contributed by atoms with Crippen LogP contribution in [0, 0.1) is 0 Å². The first-order valence-electron chi connectivity index (χ1n) is 7.40. The number of carbonyl (C=O) groups is 1. The molecule has 0 unspecified atom stereocenters. The molecular weight excluding hydrogens is 328 g/mol. The lowest BCUT2D eigenvalue weighted by Gasteiger charge is -2.14. The maximum absolute atomic E-state index is 12.2. The van der Waals surface area contributed by atoms with E-state index in [1.807, 2.05) is 37.3 Å². The second-order valence-corrected chi connectivity index (χ2v) is 6.97. The molecule has 0 saturated heterocycles. The summed E-state index contributed by atoms with van der Waals surface area (Å²) in [6.07, 6.45) is 0. The topological polar surface area (TPSA) is 84.5 Å². The summed E-state index contributed by atoms with van der Waals surface area (Å²) in [7, 11) is -2.25. The van der Waals surface area contributed by atoms with E-state index in [9.17, 15) is 13.2 Å². The molecule has 0 radical (unpaired) electrons. The summed E-state index contributed by atoms with van der Waals surface area (Å²) in [5.74, 6) is 0.159. The van der Waals surface area contributed by atoms with Gasteiger partial charge in [0.2, 0.25) is 15.9 Å². The third-order valence-electron chi connectivity index (χ3n) is 3.47. The van der Waals surface area contributed by atoms with E-state index in [4.69, 9.17) is 4.74 Å². The molecule has 1 atom stereocenters. The number of nitrogens with one attached hydrogen (secondary N) is 2. The van der Waals surface area contributed by atoms with Crippen LogP contribution in [-0.2, 0) is 14.8 Å². The van der Waals surface area contributed by atoms with E-state index >= 15 is 0 Å². The molecule has 7 heteroatoms. The highest BCUT2D eigenvalue weighted by molar-refractivity contribution is 7.89. The van der Waals surface area contributed by atoms with Crippen LogP contribution in [0.25, 0.3) is 0 Å². The van der Waals surface area contributed by atoms with Crippen LogP contribution >= 0.6 is 0 Å². The number of methoxy groups -OCH3 is 1. The summed E-state index contributed by atoms with van der Waals surface area (Å²) in [5, 5.41) is 2.75. The van der Waals surface area contributed by atoms with Gasteiger partial charge in [-0.1, -0.05) is 30.3 Å². The first kappa shape index (κ1) is 18.0. The molecule has 1 amide bonds. The Morgan fingerprint density at radius 3 is 2.29 bits per heavy atom. The zero-order chi connectivity index (χ0) is 17.6. The van der Waals surface area contributed by atoms with Gasteiger partial charge in [-0.3, -0.25) is 4.79 Å². The Balaban J connectivity index is 1.92. The molecule has 2 aromatic carbocycles. The number of ether oxygens (including phenoxy) is 1. The maximum Gasteiger partial charge on any atom is 0.241 e. The van der Waals surface area contributed by atoms with E-state index in [1.165, 1.54) is 19.2 Å². The number of hydrogen-bond donors (Lipinski definition) is 2. The van der Waals surface area contributed by atoms with Crippen LogP contribution in [0.3, 0.4) is 0 Å². The lowest BCUT2D eigenvalue weighted by molar-refractivity contribution is -0.120. The largest absolute Gasteiger partial charge is 0.497 e. The van der Waals surface area contributed by atoms with Crippen molar-refractivity contribution in [3.8, 4) is 5.75 Å². The molecule has 0 bridgehead atoms. The fraction of sp³-hybridized carbons (Fsp3) is 0.235. The smallest absolute Gasteiger partial charge is 0.241 e. The Bertz CT molecular complexity index is 774. The minimum Gasteiger partial charge on any atom is -0.497 e. The van der Waals surface area contributed by atoms with E-state index < -0.39 is 15.9 Å². The van der Waals surface area contributed by atoms with Crippen molar-refractivity contribution in [2.45, 2.75) is 17.9 Å². The van der Waals surface area contributed by atoms with Crippen molar-refractivity contribution in [3.05, 3.63) is 60.2 Å². The fourth-order valence-corrected chi connectivity index (χ4v) is 3.10. The summed E-state index contributed by atoms with van der Waals surface area (Å²) >= 11 is 0. The summed E-state index contributed by atoms with van der Waals surface area (Å²) in [5.41, 5.74) is 0.948. The molecule has 2 N–H and O–H groups in total. The van der Waals surface area contributed by atoms with Gasteiger partial charge in [-0.2, -0.15) is 0 Å². The number of amides is 1. The molecule has 0 aliphatic carbocycles. The Kier molecular flexibility index (Phi) is 5.94. The van der Waals surface area contributed by atoms with Crippen molar-refractivity contribution in [1.29, 1.82) is 0 Å². The van der Waals surface area contributed by atoms with Gasteiger partial charge in [-0.05, 0) is 36.8 Å². The maximum atomic E-state index is 12.2. The van der Waals surface area contributed by atoms with E-state index in [2.05, 4.69) is 10.0 Å². The highest BCUT2D eigenvalue weighted by atomic mass is 32.2. The molecule has 0 fully saturated rings. The van der Waals surface area contributed by atoms with Gasteiger partial charge in [-0.15, -0.1) is 0 Å². The van der Waals surface area contributed by atoms with Crippen molar-refractivity contribution in [2.24, 2.45) is 0 Å². The Morgan fingerprint density at radius 2 is 1.71 bits per heavy atom. The predicted octanol–water partition coefficient (Wildman–Crippen LogP) is 1.85. The summed E-state index contributed by atoms with van der Waals surface area (Å²) in [4.78, 5) is 12.0. The van der Waals surface area contributed by atoms with E-state index in [-0.39, 0.29) is 17.5 Å². The van der Waals surface area contributed by atoms with E-state index in [0.29, 0.717) is 5.75 Å². The molecule has 0 spiro atoms. The van der Waals surface area contributed by atoms with Crippen LogP contribution in [0.15, 0.2) is 59.5 Å². The van der Waals surface area contributed by atoms with Gasteiger partial charge in [0.1, 0.15) is 5.75 Å². The summed E-state index contributed by atoms with van der Waals surface area (Å²) in [6.45, 7) is 1.51. The third kappa shape index (κ3) is 4.81. The number of carbonyl (C=O) groups excluding carboxylic acids is 1. The molecule has 2 rings (SSSR count). The Labute approximate surface area is 141 Å². The highest BCUT2D eigenvalue weighted by Gasteiger charge is 2.16. The fourth-order valence-electron chi connectivity index (χ4n) is 2.12. The molecule has 0 aliphatic heterocycles. The highest BCUT2D eigenvalue weighted by Crippen LogP contribution is 2.15. The standard InChI is InChI=1S/C17H20N2O4S/c1-13(14-6-4-3-5-7-14)19-17(20)12-18-24(21,22)16-10-8-15(23-2)9-11-16/h3-11,13,18H,12H2,1-2H3,(H,19,20)/t13-/m1/s1. The van der Waals surface area contributed by atoms with Crippen LogP contribution in [-0.4, -0.2) is 28.0 Å². The zero-order valence-electron chi connectivity index (χ0n) is 13.5. The van der Waals surface area contributed by atoms with Gasteiger partial charge in [0.25, 0.3) is 0 Å². The molecule has 0 saturated carbocycles. The molecule has 0 heterocycles. The predicted molar refractivity (Wildman–Crippen MR) is 91.2 cm³/mol. The molecule has 6 nitrogen and oxygen atoms in total. The molecule has 128 valence electrons. The monoisotopic (exact) mass is 348 g/mol. The SMILES string of the molecule is COc1ccc(S(=O)(=O)NCC(=O)N[C@H](C)c2ccccc2)cc1. The number of sulfonamides is 1. The van der Waals surface area contributed by atoms with Gasteiger partial charge in [-0.25, -0.2) is 13.1 Å². The van der Waals surface area contributed by atoms with Crippen molar-refractivity contribution < 1.29 is 17.9 Å². The number of benzene rings is 2. The first-order chi connectivity index (χ1) is 11.4. The average Bonchev–Trinajstić information content (AvgIpc) is 2.61. The summed E-state index contributed by atoms with van der Waals surface area (Å²) in [6, 6.07) is 15.2. The normalized spacial score (nSPS) is 12.4. The van der Waals surface area contributed by atoms with Gasteiger partial charge >= 0.3 is 0 Å². The Hall–Kier alpha value is -2.38. The molecule has 2 aromatic rings.